The Hall–Kier alpha value is -1.60. The smallest absolute Gasteiger partial charge is 0.323 e. The van der Waals surface area contributed by atoms with Crippen molar-refractivity contribution in [2.45, 2.75) is 19.4 Å². The number of sulfone groups is 1. The highest BCUT2D eigenvalue weighted by Crippen LogP contribution is 2.23. The molecule has 126 valence electrons. The topological polar surface area (TPSA) is 91.8 Å². The Labute approximate surface area is 140 Å². The number of carboxylic acids is 1. The molecule has 1 atom stereocenters. The molecule has 1 amide bonds. The van der Waals surface area contributed by atoms with Crippen molar-refractivity contribution in [1.29, 1.82) is 0 Å². The van der Waals surface area contributed by atoms with E-state index in [1.807, 2.05) is 0 Å². The van der Waals surface area contributed by atoms with Crippen molar-refractivity contribution in [3.8, 4) is 0 Å². The van der Waals surface area contributed by atoms with Gasteiger partial charge in [0, 0.05) is 18.0 Å². The zero-order chi connectivity index (χ0) is 17.0. The highest BCUT2D eigenvalue weighted by Gasteiger charge is 2.31. The van der Waals surface area contributed by atoms with Crippen molar-refractivity contribution in [1.82, 2.24) is 4.90 Å². The number of hydrogen-bond acceptors (Lipinski definition) is 4. The molecule has 1 heterocycles. The molecule has 0 saturated carbocycles. The lowest BCUT2D eigenvalue weighted by Gasteiger charge is -2.22. The van der Waals surface area contributed by atoms with Crippen molar-refractivity contribution >= 4 is 33.3 Å². The van der Waals surface area contributed by atoms with E-state index in [1.165, 1.54) is 4.90 Å². The van der Waals surface area contributed by atoms with Crippen LogP contribution in [0.3, 0.4) is 0 Å². The maximum atomic E-state index is 12.4. The number of hydrogen-bond donors (Lipinski definition) is 1. The van der Waals surface area contributed by atoms with Crippen molar-refractivity contribution in [2.75, 3.05) is 18.1 Å². The molecule has 1 saturated heterocycles. The molecule has 1 aliphatic heterocycles. The molecule has 1 N–H and O–H groups in total. The molecule has 2 rings (SSSR count). The number of carbonyl (C=O) groups excluding carboxylic acids is 1. The number of benzene rings is 1. The molecule has 0 aliphatic carbocycles. The molecule has 1 aromatic rings. The van der Waals surface area contributed by atoms with Gasteiger partial charge in [-0.1, -0.05) is 23.7 Å². The first-order chi connectivity index (χ1) is 10.7. The van der Waals surface area contributed by atoms with Crippen LogP contribution in [0, 0.1) is 5.92 Å². The van der Waals surface area contributed by atoms with Gasteiger partial charge in [0.05, 0.1) is 11.5 Å². The Morgan fingerprint density at radius 1 is 1.26 bits per heavy atom. The number of amides is 1. The van der Waals surface area contributed by atoms with Crippen molar-refractivity contribution < 1.29 is 23.1 Å². The highest BCUT2D eigenvalue weighted by molar-refractivity contribution is 7.91. The summed E-state index contributed by atoms with van der Waals surface area (Å²) >= 11 is 5.80. The normalized spacial score (nSPS) is 19.4. The summed E-state index contributed by atoms with van der Waals surface area (Å²) in [5.41, 5.74) is 0.767. The van der Waals surface area contributed by atoms with Crippen LogP contribution >= 0.6 is 11.6 Å². The molecular formula is C15H18ClNO5S. The average Bonchev–Trinajstić information content (AvgIpc) is 2.79. The summed E-state index contributed by atoms with van der Waals surface area (Å²) in [6, 6.07) is 6.79. The van der Waals surface area contributed by atoms with Gasteiger partial charge in [-0.25, -0.2) is 8.42 Å². The molecule has 6 nitrogen and oxygen atoms in total. The Morgan fingerprint density at radius 3 is 2.43 bits per heavy atom. The van der Waals surface area contributed by atoms with E-state index in [1.54, 1.807) is 24.3 Å². The third-order valence-electron chi connectivity index (χ3n) is 3.76. The van der Waals surface area contributed by atoms with Gasteiger partial charge in [-0.05, 0) is 30.0 Å². The standard InChI is InChI=1S/C15H18ClNO5S/c16-13-3-1-11(2-4-13)8-17(9-15(19)20)14(18)7-12-5-6-23(21,22)10-12/h1-4,12H,5-10H2,(H,19,20). The number of nitrogens with zero attached hydrogens (tertiary/aromatic N) is 1. The van der Waals surface area contributed by atoms with E-state index in [-0.39, 0.29) is 36.3 Å². The average molecular weight is 360 g/mol. The van der Waals surface area contributed by atoms with Crippen molar-refractivity contribution in [2.24, 2.45) is 5.92 Å². The zero-order valence-corrected chi connectivity index (χ0v) is 14.0. The molecule has 1 aromatic carbocycles. The Morgan fingerprint density at radius 2 is 1.91 bits per heavy atom. The Kier molecular flexibility index (Phi) is 5.64. The minimum atomic E-state index is -3.06. The molecule has 23 heavy (non-hydrogen) atoms. The lowest BCUT2D eigenvalue weighted by molar-refractivity contribution is -0.145. The SMILES string of the molecule is O=C(O)CN(Cc1ccc(Cl)cc1)C(=O)CC1CCS(=O)(=O)C1. The van der Waals surface area contributed by atoms with E-state index in [0.717, 1.165) is 5.56 Å². The van der Waals surface area contributed by atoms with Crippen LogP contribution in [0.4, 0.5) is 0 Å². The molecule has 0 radical (unpaired) electrons. The third-order valence-corrected chi connectivity index (χ3v) is 5.84. The van der Waals surface area contributed by atoms with E-state index < -0.39 is 22.4 Å². The number of halogens is 1. The number of carbonyl (C=O) groups is 2. The van der Waals surface area contributed by atoms with Gasteiger partial charge in [-0.3, -0.25) is 9.59 Å². The van der Waals surface area contributed by atoms with Crippen molar-refractivity contribution in [3.05, 3.63) is 34.9 Å². The summed E-state index contributed by atoms with van der Waals surface area (Å²) in [4.78, 5) is 24.6. The van der Waals surface area contributed by atoms with E-state index in [9.17, 15) is 18.0 Å². The Balaban J connectivity index is 2.03. The predicted molar refractivity (Wildman–Crippen MR) is 85.9 cm³/mol. The fraction of sp³-hybridized carbons (Fsp3) is 0.467. The van der Waals surface area contributed by atoms with Crippen LogP contribution in [0.5, 0.6) is 0 Å². The second kappa shape index (κ2) is 7.31. The molecule has 0 spiro atoms. The molecule has 0 bridgehead atoms. The first-order valence-corrected chi connectivity index (χ1v) is 9.39. The third kappa shape index (κ3) is 5.51. The summed E-state index contributed by atoms with van der Waals surface area (Å²) in [7, 11) is -3.06. The summed E-state index contributed by atoms with van der Waals surface area (Å²) in [6.45, 7) is -0.261. The number of rotatable bonds is 6. The monoisotopic (exact) mass is 359 g/mol. The molecule has 1 fully saturated rings. The van der Waals surface area contributed by atoms with Gasteiger partial charge < -0.3 is 10.0 Å². The fourth-order valence-corrected chi connectivity index (χ4v) is 4.60. The largest absolute Gasteiger partial charge is 0.480 e. The number of aliphatic carboxylic acids is 1. The summed E-state index contributed by atoms with van der Waals surface area (Å²) in [6.07, 6.45) is 0.510. The van der Waals surface area contributed by atoms with E-state index >= 15 is 0 Å². The van der Waals surface area contributed by atoms with Gasteiger partial charge in [-0.15, -0.1) is 0 Å². The highest BCUT2D eigenvalue weighted by atomic mass is 35.5. The molecule has 8 heteroatoms. The Bertz CT molecular complexity index is 686. The van der Waals surface area contributed by atoms with Crippen LogP contribution in [0.2, 0.25) is 5.02 Å². The number of carboxylic acid groups (broad SMARTS) is 1. The van der Waals surface area contributed by atoms with E-state index in [4.69, 9.17) is 16.7 Å². The molecule has 0 aromatic heterocycles. The summed E-state index contributed by atoms with van der Waals surface area (Å²) in [5, 5.41) is 9.54. The quantitative estimate of drug-likeness (QED) is 0.832. The van der Waals surface area contributed by atoms with Crippen LogP contribution < -0.4 is 0 Å². The molecule has 1 unspecified atom stereocenters. The van der Waals surface area contributed by atoms with E-state index in [2.05, 4.69) is 0 Å². The van der Waals surface area contributed by atoms with Crippen LogP contribution in [0.25, 0.3) is 0 Å². The van der Waals surface area contributed by atoms with Crippen LogP contribution in [0.1, 0.15) is 18.4 Å². The zero-order valence-electron chi connectivity index (χ0n) is 12.4. The first kappa shape index (κ1) is 17.7. The second-order valence-electron chi connectivity index (χ2n) is 5.74. The van der Waals surface area contributed by atoms with Crippen LogP contribution in [-0.4, -0.2) is 48.4 Å². The van der Waals surface area contributed by atoms with Gasteiger partial charge in [0.25, 0.3) is 0 Å². The minimum Gasteiger partial charge on any atom is -0.480 e. The fourth-order valence-electron chi connectivity index (χ4n) is 2.61. The summed E-state index contributed by atoms with van der Waals surface area (Å²) < 4.78 is 22.9. The molecular weight excluding hydrogens is 342 g/mol. The van der Waals surface area contributed by atoms with Gasteiger partial charge in [0.15, 0.2) is 9.84 Å². The van der Waals surface area contributed by atoms with Crippen LogP contribution in [-0.2, 0) is 26.0 Å². The van der Waals surface area contributed by atoms with Gasteiger partial charge in [0.2, 0.25) is 5.91 Å². The van der Waals surface area contributed by atoms with Crippen molar-refractivity contribution in [3.63, 3.8) is 0 Å². The first-order valence-electron chi connectivity index (χ1n) is 7.19. The lowest BCUT2D eigenvalue weighted by atomic mass is 10.0. The maximum absolute atomic E-state index is 12.4. The predicted octanol–water partition coefficient (Wildman–Crippen LogP) is 1.58. The maximum Gasteiger partial charge on any atom is 0.323 e. The van der Waals surface area contributed by atoms with Gasteiger partial charge >= 0.3 is 5.97 Å². The van der Waals surface area contributed by atoms with Gasteiger partial charge in [-0.2, -0.15) is 0 Å². The van der Waals surface area contributed by atoms with E-state index in [0.29, 0.717) is 11.4 Å². The second-order valence-corrected chi connectivity index (χ2v) is 8.41. The minimum absolute atomic E-state index is 0.000592. The van der Waals surface area contributed by atoms with Crippen LogP contribution in [0.15, 0.2) is 24.3 Å². The van der Waals surface area contributed by atoms with Gasteiger partial charge in [0.1, 0.15) is 6.54 Å². The molecule has 1 aliphatic rings. The summed E-state index contributed by atoms with van der Waals surface area (Å²) in [5.74, 6) is -1.58. The lowest BCUT2D eigenvalue weighted by Crippen LogP contribution is -2.36.